The van der Waals surface area contributed by atoms with E-state index in [0.29, 0.717) is 19.5 Å². The molecule has 1 saturated heterocycles. The number of rotatable bonds is 3. The van der Waals surface area contributed by atoms with Crippen LogP contribution < -0.4 is 5.73 Å². The van der Waals surface area contributed by atoms with Gasteiger partial charge in [0.25, 0.3) is 0 Å². The van der Waals surface area contributed by atoms with Crippen LogP contribution in [0.25, 0.3) is 0 Å². The molecule has 1 aliphatic heterocycles. The van der Waals surface area contributed by atoms with Crippen LogP contribution in [0.5, 0.6) is 0 Å². The lowest BCUT2D eigenvalue weighted by Gasteiger charge is -2.35. The highest BCUT2D eigenvalue weighted by Crippen LogP contribution is 2.33. The molecular formula is C13H17Cl2FN2O2S. The van der Waals surface area contributed by atoms with Gasteiger partial charge in [-0.25, -0.2) is 12.8 Å². The van der Waals surface area contributed by atoms with E-state index in [4.69, 9.17) is 28.9 Å². The first-order chi connectivity index (χ1) is 9.78. The molecule has 0 bridgehead atoms. The van der Waals surface area contributed by atoms with E-state index in [1.165, 1.54) is 16.4 Å². The lowest BCUT2D eigenvalue weighted by molar-refractivity contribution is 0.230. The summed E-state index contributed by atoms with van der Waals surface area (Å²) in [6, 6.07) is 2.42. The molecule has 1 aliphatic rings. The van der Waals surface area contributed by atoms with Crippen molar-refractivity contribution in [3.63, 3.8) is 0 Å². The van der Waals surface area contributed by atoms with Crippen LogP contribution >= 0.6 is 23.2 Å². The van der Waals surface area contributed by atoms with Gasteiger partial charge in [0.05, 0.1) is 10.0 Å². The van der Waals surface area contributed by atoms with E-state index in [9.17, 15) is 12.8 Å². The van der Waals surface area contributed by atoms with Crippen molar-refractivity contribution in [3.8, 4) is 0 Å². The Bertz CT molecular complexity index is 639. The maximum Gasteiger partial charge on any atom is 0.244 e. The predicted molar refractivity (Wildman–Crippen MR) is 81.6 cm³/mol. The molecule has 0 aliphatic carbocycles. The third kappa shape index (κ3) is 3.19. The normalized spacial score (nSPS) is 24.2. The quantitative estimate of drug-likeness (QED) is 0.848. The maximum absolute atomic E-state index is 13.7. The van der Waals surface area contributed by atoms with Crippen molar-refractivity contribution in [1.29, 1.82) is 0 Å². The number of hydrogen-bond donors (Lipinski definition) is 1. The highest BCUT2D eigenvalue weighted by Gasteiger charge is 2.35. The Labute approximate surface area is 134 Å². The molecule has 2 rings (SSSR count). The van der Waals surface area contributed by atoms with Crippen LogP contribution in [0.4, 0.5) is 4.39 Å². The molecule has 8 heteroatoms. The average molecular weight is 355 g/mol. The van der Waals surface area contributed by atoms with Gasteiger partial charge in [0.15, 0.2) is 5.82 Å². The first-order valence-corrected chi connectivity index (χ1v) is 8.87. The van der Waals surface area contributed by atoms with Crippen LogP contribution in [0.15, 0.2) is 17.0 Å². The summed E-state index contributed by atoms with van der Waals surface area (Å²) in [5.41, 5.74) is 5.98. The van der Waals surface area contributed by atoms with Crippen molar-refractivity contribution >= 4 is 33.2 Å². The Kier molecular flexibility index (Phi) is 5.15. The molecule has 1 heterocycles. The lowest BCUT2D eigenvalue weighted by atomic mass is 9.92. The zero-order valence-corrected chi connectivity index (χ0v) is 13.8. The topological polar surface area (TPSA) is 63.4 Å². The van der Waals surface area contributed by atoms with Gasteiger partial charge in [0.2, 0.25) is 10.0 Å². The van der Waals surface area contributed by atoms with Crippen LogP contribution in [0.1, 0.15) is 19.8 Å². The van der Waals surface area contributed by atoms with E-state index in [-0.39, 0.29) is 21.9 Å². The first-order valence-electron chi connectivity index (χ1n) is 6.68. The Morgan fingerprint density at radius 1 is 1.43 bits per heavy atom. The second-order valence-corrected chi connectivity index (χ2v) is 7.85. The van der Waals surface area contributed by atoms with Gasteiger partial charge >= 0.3 is 0 Å². The van der Waals surface area contributed by atoms with Gasteiger partial charge in [0.1, 0.15) is 4.90 Å². The van der Waals surface area contributed by atoms with Crippen LogP contribution in [-0.2, 0) is 10.0 Å². The van der Waals surface area contributed by atoms with Gasteiger partial charge < -0.3 is 5.73 Å². The summed E-state index contributed by atoms with van der Waals surface area (Å²) >= 11 is 11.4. The fourth-order valence-corrected chi connectivity index (χ4v) is 4.74. The molecule has 0 saturated carbocycles. The molecule has 21 heavy (non-hydrogen) atoms. The molecule has 0 spiro atoms. The van der Waals surface area contributed by atoms with E-state index >= 15 is 0 Å². The summed E-state index contributed by atoms with van der Waals surface area (Å²) in [5.74, 6) is -0.829. The van der Waals surface area contributed by atoms with Gasteiger partial charge in [-0.2, -0.15) is 4.31 Å². The Hall–Kier alpha value is -0.400. The lowest BCUT2D eigenvalue weighted by Crippen LogP contribution is -2.48. The standard InChI is InChI=1S/C13H17Cl2FN2O2S/c1-2-8-7-18(6-5-10(8)17)21(19,20)11-4-3-9(14)13(16)12(11)15/h3-4,8,10H,2,5-7,17H2,1H3. The third-order valence-corrected chi connectivity index (χ3v) is 6.58. The summed E-state index contributed by atoms with van der Waals surface area (Å²) < 4.78 is 40.3. The fourth-order valence-electron chi connectivity index (χ4n) is 2.51. The molecule has 4 nitrogen and oxygen atoms in total. The summed E-state index contributed by atoms with van der Waals surface area (Å²) in [6.07, 6.45) is 1.36. The van der Waals surface area contributed by atoms with E-state index in [2.05, 4.69) is 0 Å². The third-order valence-electron chi connectivity index (χ3n) is 3.90. The molecular weight excluding hydrogens is 338 g/mol. The van der Waals surface area contributed by atoms with Crippen molar-refractivity contribution < 1.29 is 12.8 Å². The highest BCUT2D eigenvalue weighted by molar-refractivity contribution is 7.89. The number of piperidine rings is 1. The Morgan fingerprint density at radius 3 is 2.71 bits per heavy atom. The summed E-state index contributed by atoms with van der Waals surface area (Å²) in [6.45, 7) is 2.59. The Balaban J connectivity index is 2.37. The molecule has 118 valence electrons. The molecule has 1 fully saturated rings. The van der Waals surface area contributed by atoms with E-state index < -0.39 is 20.9 Å². The minimum Gasteiger partial charge on any atom is -0.327 e. The molecule has 1 aromatic carbocycles. The highest BCUT2D eigenvalue weighted by atomic mass is 35.5. The maximum atomic E-state index is 13.7. The molecule has 2 N–H and O–H groups in total. The van der Waals surface area contributed by atoms with Gasteiger partial charge in [0, 0.05) is 19.1 Å². The van der Waals surface area contributed by atoms with Crippen LogP contribution in [0.2, 0.25) is 10.0 Å². The Morgan fingerprint density at radius 2 is 2.10 bits per heavy atom. The van der Waals surface area contributed by atoms with E-state index in [1.54, 1.807) is 0 Å². The minimum atomic E-state index is -3.85. The largest absolute Gasteiger partial charge is 0.327 e. The average Bonchev–Trinajstić information content (AvgIpc) is 2.44. The van der Waals surface area contributed by atoms with Crippen LogP contribution in [-0.4, -0.2) is 31.9 Å². The van der Waals surface area contributed by atoms with Crippen LogP contribution in [0.3, 0.4) is 0 Å². The monoisotopic (exact) mass is 354 g/mol. The van der Waals surface area contributed by atoms with Crippen molar-refractivity contribution in [3.05, 3.63) is 28.0 Å². The van der Waals surface area contributed by atoms with Crippen molar-refractivity contribution in [1.82, 2.24) is 4.31 Å². The zero-order valence-electron chi connectivity index (χ0n) is 11.5. The van der Waals surface area contributed by atoms with Gasteiger partial charge in [-0.15, -0.1) is 0 Å². The van der Waals surface area contributed by atoms with E-state index in [1.807, 2.05) is 6.92 Å². The fraction of sp³-hybridized carbons (Fsp3) is 0.538. The molecule has 0 radical (unpaired) electrons. The van der Waals surface area contributed by atoms with Crippen molar-refractivity contribution in [2.24, 2.45) is 11.7 Å². The SMILES string of the molecule is CCC1CN(S(=O)(=O)c2ccc(Cl)c(F)c2Cl)CCC1N. The number of benzene rings is 1. The number of sulfonamides is 1. The number of nitrogens with two attached hydrogens (primary N) is 1. The van der Waals surface area contributed by atoms with Gasteiger partial charge in [-0.1, -0.05) is 36.5 Å². The van der Waals surface area contributed by atoms with E-state index in [0.717, 1.165) is 6.42 Å². The van der Waals surface area contributed by atoms with Crippen LogP contribution in [0, 0.1) is 11.7 Å². The minimum absolute atomic E-state index is 0.0149. The second kappa shape index (κ2) is 6.38. The predicted octanol–water partition coefficient (Wildman–Crippen LogP) is 2.88. The first kappa shape index (κ1) is 17.0. The zero-order chi connectivity index (χ0) is 15.8. The van der Waals surface area contributed by atoms with Gasteiger partial charge in [-0.3, -0.25) is 0 Å². The number of halogens is 3. The van der Waals surface area contributed by atoms with Crippen molar-refractivity contribution in [2.75, 3.05) is 13.1 Å². The smallest absolute Gasteiger partial charge is 0.244 e. The summed E-state index contributed by atoms with van der Waals surface area (Å²) in [4.78, 5) is -0.253. The van der Waals surface area contributed by atoms with Crippen molar-refractivity contribution in [2.45, 2.75) is 30.7 Å². The summed E-state index contributed by atoms with van der Waals surface area (Å²) in [7, 11) is -3.85. The molecule has 0 aromatic heterocycles. The number of hydrogen-bond acceptors (Lipinski definition) is 3. The molecule has 2 unspecified atom stereocenters. The van der Waals surface area contributed by atoms with Gasteiger partial charge in [-0.05, 0) is 24.5 Å². The molecule has 1 aromatic rings. The molecule has 0 amide bonds. The molecule has 2 atom stereocenters. The summed E-state index contributed by atoms with van der Waals surface area (Å²) in [5, 5.41) is -0.670. The number of nitrogens with zero attached hydrogens (tertiary/aromatic N) is 1. The second-order valence-electron chi connectivity index (χ2n) is 5.16.